The summed E-state index contributed by atoms with van der Waals surface area (Å²) in [5, 5.41) is 0. The monoisotopic (exact) mass is 400 g/mol. The molecule has 0 aliphatic heterocycles. The van der Waals surface area contributed by atoms with E-state index in [2.05, 4.69) is 16.9 Å². The van der Waals surface area contributed by atoms with E-state index < -0.39 is 0 Å². The van der Waals surface area contributed by atoms with Crippen molar-refractivity contribution in [2.24, 2.45) is 9.98 Å². The maximum absolute atomic E-state index is 10.4. The van der Waals surface area contributed by atoms with Crippen LogP contribution in [0.3, 0.4) is 0 Å². The van der Waals surface area contributed by atoms with Gasteiger partial charge in [-0.2, -0.15) is 9.98 Å². The van der Waals surface area contributed by atoms with Crippen molar-refractivity contribution in [1.82, 2.24) is 0 Å². The van der Waals surface area contributed by atoms with Crippen LogP contribution in [0.1, 0.15) is 96.8 Å². The molecule has 0 aromatic heterocycles. The van der Waals surface area contributed by atoms with E-state index in [0.29, 0.717) is 23.7 Å². The first-order chi connectivity index (χ1) is 14.3. The fourth-order valence-electron chi connectivity index (χ4n) is 3.37. The maximum atomic E-state index is 10.4. The van der Waals surface area contributed by atoms with Gasteiger partial charge in [0.05, 0.1) is 18.0 Å². The number of unbranched alkanes of at least 4 members (excludes halogenated alkanes) is 13. The Balaban J connectivity index is 2.03. The molecule has 29 heavy (non-hydrogen) atoms. The second-order valence-electron chi connectivity index (χ2n) is 7.54. The van der Waals surface area contributed by atoms with E-state index >= 15 is 0 Å². The molecule has 160 valence electrons. The van der Waals surface area contributed by atoms with Gasteiger partial charge in [-0.1, -0.05) is 90.4 Å². The largest absolute Gasteiger partial charge is 0.493 e. The molecule has 5 heteroatoms. The standard InChI is InChI=1S/C24H36N2O3/c1-2-3-4-5-6-7-8-9-10-11-12-13-14-15-16-29-24-18-22(25-20-27)17-23(19-24)26-21-28/h17-19H,2-16H2,1H3. The molecule has 0 unspecified atom stereocenters. The molecule has 0 fully saturated rings. The Morgan fingerprint density at radius 2 is 1.07 bits per heavy atom. The number of rotatable bonds is 18. The summed E-state index contributed by atoms with van der Waals surface area (Å²) in [5.41, 5.74) is 0.736. The second-order valence-corrected chi connectivity index (χ2v) is 7.54. The lowest BCUT2D eigenvalue weighted by Crippen LogP contribution is -1.97. The molecule has 0 bridgehead atoms. The van der Waals surface area contributed by atoms with Crippen molar-refractivity contribution in [3.05, 3.63) is 18.2 Å². The molecule has 0 spiro atoms. The summed E-state index contributed by atoms with van der Waals surface area (Å²) in [6.45, 7) is 2.86. The number of nitrogens with zero attached hydrogens (tertiary/aromatic N) is 2. The average molecular weight is 401 g/mol. The van der Waals surface area contributed by atoms with Gasteiger partial charge in [-0.15, -0.1) is 0 Å². The normalized spacial score (nSPS) is 10.2. The lowest BCUT2D eigenvalue weighted by Gasteiger charge is -2.07. The molecule has 0 saturated heterocycles. The molecule has 0 heterocycles. The summed E-state index contributed by atoms with van der Waals surface area (Å²) in [6, 6.07) is 4.78. The molecule has 0 atom stereocenters. The van der Waals surface area contributed by atoms with Gasteiger partial charge < -0.3 is 4.74 Å². The Hall–Kier alpha value is -2.22. The van der Waals surface area contributed by atoms with Crippen LogP contribution < -0.4 is 4.74 Å². The third kappa shape index (κ3) is 13.6. The number of benzene rings is 1. The van der Waals surface area contributed by atoms with Gasteiger partial charge in [-0.05, 0) is 12.5 Å². The molecule has 0 N–H and O–H groups in total. The molecular weight excluding hydrogens is 364 g/mol. The van der Waals surface area contributed by atoms with Gasteiger partial charge in [0.15, 0.2) is 0 Å². The Labute approximate surface area is 175 Å². The van der Waals surface area contributed by atoms with E-state index in [1.165, 1.54) is 95.3 Å². The molecule has 0 aliphatic carbocycles. The molecule has 0 aliphatic rings. The zero-order valence-corrected chi connectivity index (χ0v) is 18.0. The first kappa shape index (κ1) is 24.8. The van der Waals surface area contributed by atoms with Crippen LogP contribution in [-0.2, 0) is 9.59 Å². The van der Waals surface area contributed by atoms with Crippen LogP contribution in [0.5, 0.6) is 5.75 Å². The maximum Gasteiger partial charge on any atom is 0.240 e. The van der Waals surface area contributed by atoms with Gasteiger partial charge >= 0.3 is 0 Å². The van der Waals surface area contributed by atoms with E-state index in [4.69, 9.17) is 4.74 Å². The molecule has 0 saturated carbocycles. The predicted molar refractivity (Wildman–Crippen MR) is 118 cm³/mol. The summed E-state index contributed by atoms with van der Waals surface area (Å²) >= 11 is 0. The average Bonchev–Trinajstić information content (AvgIpc) is 2.71. The number of carbonyl (C=O) groups excluding carboxylic acids is 2. The SMILES string of the molecule is CCCCCCCCCCCCCCCCOc1cc(N=C=O)cc(N=C=O)c1. The van der Waals surface area contributed by atoms with Crippen molar-refractivity contribution in [2.75, 3.05) is 6.61 Å². The minimum absolute atomic E-state index is 0.368. The molecule has 1 rings (SSSR count). The highest BCUT2D eigenvalue weighted by atomic mass is 16.5. The topological polar surface area (TPSA) is 68.1 Å². The third-order valence-electron chi connectivity index (χ3n) is 4.99. The summed E-state index contributed by atoms with van der Waals surface area (Å²) in [7, 11) is 0. The Morgan fingerprint density at radius 3 is 1.48 bits per heavy atom. The summed E-state index contributed by atoms with van der Waals surface area (Å²) in [6.07, 6.45) is 21.4. The molecule has 1 aromatic carbocycles. The van der Waals surface area contributed by atoms with Crippen LogP contribution in [0.4, 0.5) is 11.4 Å². The highest BCUT2D eigenvalue weighted by Gasteiger charge is 2.02. The second kappa shape index (κ2) is 17.8. The van der Waals surface area contributed by atoms with Gasteiger partial charge in [-0.3, -0.25) is 0 Å². The van der Waals surface area contributed by atoms with Crippen LogP contribution in [0, 0.1) is 0 Å². The minimum Gasteiger partial charge on any atom is -0.493 e. The number of hydrogen-bond donors (Lipinski definition) is 0. The lowest BCUT2D eigenvalue weighted by molar-refractivity contribution is 0.304. The van der Waals surface area contributed by atoms with Gasteiger partial charge in [0.25, 0.3) is 0 Å². The zero-order valence-electron chi connectivity index (χ0n) is 18.0. The summed E-state index contributed by atoms with van der Waals surface area (Å²) in [5.74, 6) is 0.546. The van der Waals surface area contributed by atoms with E-state index in [9.17, 15) is 9.59 Å². The van der Waals surface area contributed by atoms with Crippen molar-refractivity contribution in [1.29, 1.82) is 0 Å². The molecular formula is C24H36N2O3. The quantitative estimate of drug-likeness (QED) is 0.146. The Kier molecular flexibility index (Phi) is 15.3. The number of isocyanates is 2. The number of hydrogen-bond acceptors (Lipinski definition) is 5. The van der Waals surface area contributed by atoms with E-state index in [1.54, 1.807) is 12.1 Å². The number of aliphatic imine (C=N–C) groups is 2. The lowest BCUT2D eigenvalue weighted by atomic mass is 10.0. The van der Waals surface area contributed by atoms with Crippen LogP contribution in [0.25, 0.3) is 0 Å². The molecule has 0 radical (unpaired) electrons. The molecule has 1 aromatic rings. The highest BCUT2D eigenvalue weighted by molar-refractivity contribution is 5.61. The predicted octanol–water partition coefficient (Wildman–Crippen LogP) is 7.48. The summed E-state index contributed by atoms with van der Waals surface area (Å²) in [4.78, 5) is 28.0. The van der Waals surface area contributed by atoms with Crippen LogP contribution in [0.2, 0.25) is 0 Å². The Bertz CT molecular complexity index is 611. The fourth-order valence-corrected chi connectivity index (χ4v) is 3.37. The minimum atomic E-state index is 0.368. The molecule has 0 amide bonds. The Morgan fingerprint density at radius 1 is 0.655 bits per heavy atom. The first-order valence-electron chi connectivity index (χ1n) is 11.2. The smallest absolute Gasteiger partial charge is 0.240 e. The first-order valence-corrected chi connectivity index (χ1v) is 11.2. The van der Waals surface area contributed by atoms with Crippen molar-refractivity contribution in [3.8, 4) is 5.75 Å². The number of ether oxygens (including phenoxy) is 1. The zero-order chi connectivity index (χ0) is 21.0. The van der Waals surface area contributed by atoms with Gasteiger partial charge in [0.2, 0.25) is 12.2 Å². The van der Waals surface area contributed by atoms with Crippen LogP contribution in [0.15, 0.2) is 28.2 Å². The summed E-state index contributed by atoms with van der Waals surface area (Å²) < 4.78 is 5.71. The molecule has 5 nitrogen and oxygen atoms in total. The van der Waals surface area contributed by atoms with Crippen LogP contribution >= 0.6 is 0 Å². The fraction of sp³-hybridized carbons (Fsp3) is 0.667. The van der Waals surface area contributed by atoms with Gasteiger partial charge in [-0.25, -0.2) is 9.59 Å². The third-order valence-corrected chi connectivity index (χ3v) is 4.99. The van der Waals surface area contributed by atoms with E-state index in [-0.39, 0.29) is 0 Å². The van der Waals surface area contributed by atoms with Crippen molar-refractivity contribution in [3.63, 3.8) is 0 Å². The van der Waals surface area contributed by atoms with E-state index in [1.807, 2.05) is 0 Å². The van der Waals surface area contributed by atoms with Crippen molar-refractivity contribution in [2.45, 2.75) is 96.8 Å². The van der Waals surface area contributed by atoms with E-state index in [0.717, 1.165) is 12.8 Å². The van der Waals surface area contributed by atoms with Crippen molar-refractivity contribution < 1.29 is 14.3 Å². The van der Waals surface area contributed by atoms with Gasteiger partial charge in [0.1, 0.15) is 5.75 Å². The van der Waals surface area contributed by atoms with Gasteiger partial charge in [0, 0.05) is 12.1 Å². The van der Waals surface area contributed by atoms with Crippen molar-refractivity contribution >= 4 is 23.5 Å². The van der Waals surface area contributed by atoms with Crippen LogP contribution in [-0.4, -0.2) is 18.8 Å². The highest BCUT2D eigenvalue weighted by Crippen LogP contribution is 2.28.